The van der Waals surface area contributed by atoms with E-state index >= 15 is 0 Å². The highest BCUT2D eigenvalue weighted by molar-refractivity contribution is 5.85. The molecule has 0 aliphatic rings. The van der Waals surface area contributed by atoms with Crippen molar-refractivity contribution in [2.75, 3.05) is 6.61 Å². The molecule has 0 spiro atoms. The van der Waals surface area contributed by atoms with Crippen molar-refractivity contribution in [3.05, 3.63) is 35.4 Å². The Hall–Kier alpha value is -1.13. The van der Waals surface area contributed by atoms with Crippen LogP contribution in [0.2, 0.25) is 0 Å². The van der Waals surface area contributed by atoms with E-state index in [0.29, 0.717) is 5.56 Å². The molecule has 1 aromatic carbocycles. The lowest BCUT2D eigenvalue weighted by molar-refractivity contribution is -0.149. The monoisotopic (exact) mass is 303 g/mol. The largest absolute Gasteiger partial charge is 0.464 e. The van der Waals surface area contributed by atoms with Crippen molar-refractivity contribution < 1.29 is 13.9 Å². The molecule has 1 aromatic rings. The summed E-state index contributed by atoms with van der Waals surface area (Å²) in [5, 5.41) is 0. The summed E-state index contributed by atoms with van der Waals surface area (Å²) in [5.74, 6) is -0.908. The van der Waals surface area contributed by atoms with Crippen LogP contribution in [0, 0.1) is 0 Å². The van der Waals surface area contributed by atoms with E-state index in [9.17, 15) is 9.18 Å². The van der Waals surface area contributed by atoms with Gasteiger partial charge in [-0.2, -0.15) is 0 Å². The Balaban J connectivity index is 0.00000361. The predicted octanol–water partition coefficient (Wildman–Crippen LogP) is 3.31. The lowest BCUT2D eigenvalue weighted by Crippen LogP contribution is -2.31. The molecule has 0 amide bonds. The van der Waals surface area contributed by atoms with E-state index in [0.717, 1.165) is 5.56 Å². The average molecular weight is 304 g/mol. The predicted molar refractivity (Wildman–Crippen MR) is 80.8 cm³/mol. The molecule has 20 heavy (non-hydrogen) atoms. The summed E-state index contributed by atoms with van der Waals surface area (Å²) in [6, 6.07) is 6.35. The summed E-state index contributed by atoms with van der Waals surface area (Å²) in [5.41, 5.74) is 7.51. The molecule has 2 atom stereocenters. The normalized spacial score (nSPS) is 14.1. The average Bonchev–Trinajstić information content (AvgIpc) is 2.36. The molecule has 0 aromatic heterocycles. The first-order valence-corrected chi connectivity index (χ1v) is 6.44. The van der Waals surface area contributed by atoms with Crippen LogP contribution in [-0.2, 0) is 14.9 Å². The number of hydrogen-bond donors (Lipinski definition) is 1. The standard InChI is InChI=1S/C15H22FNO2.ClH/c1-5-19-14(18)12(16)13(17)10-6-8-11(9-7-10)15(2,3)4;/h6-9,12-13H,5,17H2,1-4H3;1H/t12?,13-;/m0./s1. The molecular formula is C15H23ClFNO2. The lowest BCUT2D eigenvalue weighted by atomic mass is 9.86. The summed E-state index contributed by atoms with van der Waals surface area (Å²) in [4.78, 5) is 11.3. The van der Waals surface area contributed by atoms with Gasteiger partial charge in [0.1, 0.15) is 0 Å². The third-order valence-electron chi connectivity index (χ3n) is 2.99. The lowest BCUT2D eigenvalue weighted by Gasteiger charge is -2.21. The number of ether oxygens (including phenoxy) is 1. The maximum absolute atomic E-state index is 13.8. The van der Waals surface area contributed by atoms with E-state index in [2.05, 4.69) is 25.5 Å². The number of alkyl halides is 1. The van der Waals surface area contributed by atoms with E-state index in [1.165, 1.54) is 0 Å². The molecule has 0 bridgehead atoms. The van der Waals surface area contributed by atoms with Gasteiger partial charge in [0.25, 0.3) is 0 Å². The maximum atomic E-state index is 13.8. The van der Waals surface area contributed by atoms with Gasteiger partial charge < -0.3 is 10.5 Å². The second kappa shape index (κ2) is 7.60. The van der Waals surface area contributed by atoms with Crippen LogP contribution >= 0.6 is 12.4 Å². The Morgan fingerprint density at radius 3 is 2.20 bits per heavy atom. The first-order chi connectivity index (χ1) is 8.77. The van der Waals surface area contributed by atoms with E-state index in [-0.39, 0.29) is 24.4 Å². The highest BCUT2D eigenvalue weighted by Crippen LogP contribution is 2.25. The minimum atomic E-state index is -1.83. The number of hydrogen-bond acceptors (Lipinski definition) is 3. The van der Waals surface area contributed by atoms with Gasteiger partial charge in [-0.05, 0) is 23.5 Å². The number of halogens is 2. The molecule has 0 radical (unpaired) electrons. The van der Waals surface area contributed by atoms with Crippen LogP contribution in [-0.4, -0.2) is 18.7 Å². The zero-order valence-corrected chi connectivity index (χ0v) is 13.2. The second-order valence-electron chi connectivity index (χ2n) is 5.55. The minimum absolute atomic E-state index is 0. The highest BCUT2D eigenvalue weighted by atomic mass is 35.5. The smallest absolute Gasteiger partial charge is 0.342 e. The second-order valence-corrected chi connectivity index (χ2v) is 5.55. The molecule has 3 nitrogen and oxygen atoms in total. The van der Waals surface area contributed by atoms with Crippen molar-refractivity contribution in [3.8, 4) is 0 Å². The molecule has 0 fully saturated rings. The Labute approximate surface area is 126 Å². The molecule has 114 valence electrons. The third-order valence-corrected chi connectivity index (χ3v) is 2.99. The topological polar surface area (TPSA) is 52.3 Å². The summed E-state index contributed by atoms with van der Waals surface area (Å²) in [6.07, 6.45) is -1.83. The van der Waals surface area contributed by atoms with Gasteiger partial charge in [-0.1, -0.05) is 45.0 Å². The Bertz CT molecular complexity index is 428. The third kappa shape index (κ3) is 4.76. The van der Waals surface area contributed by atoms with Gasteiger partial charge >= 0.3 is 5.97 Å². The molecule has 5 heteroatoms. The van der Waals surface area contributed by atoms with Crippen molar-refractivity contribution in [1.82, 2.24) is 0 Å². The van der Waals surface area contributed by atoms with Crippen LogP contribution in [0.3, 0.4) is 0 Å². The fraction of sp³-hybridized carbons (Fsp3) is 0.533. The molecular weight excluding hydrogens is 281 g/mol. The Morgan fingerprint density at radius 1 is 1.30 bits per heavy atom. The van der Waals surface area contributed by atoms with Gasteiger partial charge in [0.15, 0.2) is 0 Å². The molecule has 1 unspecified atom stereocenters. The van der Waals surface area contributed by atoms with Crippen molar-refractivity contribution in [2.24, 2.45) is 5.73 Å². The van der Waals surface area contributed by atoms with Crippen molar-refractivity contribution in [3.63, 3.8) is 0 Å². The summed E-state index contributed by atoms with van der Waals surface area (Å²) >= 11 is 0. The number of esters is 1. The Morgan fingerprint density at radius 2 is 1.80 bits per heavy atom. The van der Waals surface area contributed by atoms with Crippen LogP contribution in [0.25, 0.3) is 0 Å². The number of carbonyl (C=O) groups is 1. The quantitative estimate of drug-likeness (QED) is 0.868. The van der Waals surface area contributed by atoms with Crippen molar-refractivity contribution >= 4 is 18.4 Å². The SMILES string of the molecule is CCOC(=O)C(F)[C@@H](N)c1ccc(C(C)(C)C)cc1.Cl. The van der Waals surface area contributed by atoms with Crippen molar-refractivity contribution in [1.29, 1.82) is 0 Å². The number of rotatable bonds is 4. The molecule has 2 N–H and O–H groups in total. The number of nitrogens with two attached hydrogens (primary N) is 1. The molecule has 0 heterocycles. The zero-order chi connectivity index (χ0) is 14.6. The van der Waals surface area contributed by atoms with Gasteiger partial charge in [0, 0.05) is 0 Å². The molecule has 0 aliphatic heterocycles. The first-order valence-electron chi connectivity index (χ1n) is 6.44. The van der Waals surface area contributed by atoms with Crippen LogP contribution in [0.1, 0.15) is 44.9 Å². The molecule has 0 aliphatic carbocycles. The maximum Gasteiger partial charge on any atom is 0.342 e. The van der Waals surface area contributed by atoms with Crippen LogP contribution < -0.4 is 5.73 Å². The summed E-state index contributed by atoms with van der Waals surface area (Å²) in [7, 11) is 0. The Kier molecular flexibility index (Phi) is 7.17. The van der Waals surface area contributed by atoms with Gasteiger partial charge in [-0.3, -0.25) is 0 Å². The van der Waals surface area contributed by atoms with Crippen LogP contribution in [0.15, 0.2) is 24.3 Å². The van der Waals surface area contributed by atoms with E-state index < -0.39 is 18.2 Å². The van der Waals surface area contributed by atoms with Gasteiger partial charge in [-0.25, -0.2) is 9.18 Å². The summed E-state index contributed by atoms with van der Waals surface area (Å²) in [6.45, 7) is 8.07. The van der Waals surface area contributed by atoms with Crippen LogP contribution in [0.4, 0.5) is 4.39 Å². The fourth-order valence-corrected chi connectivity index (χ4v) is 1.74. The van der Waals surface area contributed by atoms with Crippen LogP contribution in [0.5, 0.6) is 0 Å². The first kappa shape index (κ1) is 18.9. The van der Waals surface area contributed by atoms with Gasteiger partial charge in [-0.15, -0.1) is 12.4 Å². The van der Waals surface area contributed by atoms with E-state index in [1.807, 2.05) is 12.1 Å². The van der Waals surface area contributed by atoms with Gasteiger partial charge in [0.05, 0.1) is 12.6 Å². The minimum Gasteiger partial charge on any atom is -0.464 e. The zero-order valence-electron chi connectivity index (χ0n) is 12.4. The van der Waals surface area contributed by atoms with Gasteiger partial charge in [0.2, 0.25) is 6.17 Å². The molecule has 0 saturated heterocycles. The fourth-order valence-electron chi connectivity index (χ4n) is 1.74. The van der Waals surface area contributed by atoms with E-state index in [1.54, 1.807) is 19.1 Å². The summed E-state index contributed by atoms with van der Waals surface area (Å²) < 4.78 is 18.4. The number of carbonyl (C=O) groups excluding carboxylic acids is 1. The molecule has 1 rings (SSSR count). The number of benzene rings is 1. The molecule has 0 saturated carbocycles. The highest BCUT2D eigenvalue weighted by Gasteiger charge is 2.27. The van der Waals surface area contributed by atoms with Crippen molar-refractivity contribution in [2.45, 2.75) is 45.3 Å². The van der Waals surface area contributed by atoms with E-state index in [4.69, 9.17) is 5.73 Å².